The maximum Gasteiger partial charge on any atom is 0.279 e. The van der Waals surface area contributed by atoms with Crippen LogP contribution in [0.15, 0.2) is 36.4 Å². The zero-order valence-electron chi connectivity index (χ0n) is 12.2. The quantitative estimate of drug-likeness (QED) is 0.565. The molecule has 0 bridgehead atoms. The van der Waals surface area contributed by atoms with E-state index in [1.165, 1.54) is 0 Å². The van der Waals surface area contributed by atoms with Gasteiger partial charge in [-0.3, -0.25) is 40.5 Å². The van der Waals surface area contributed by atoms with Gasteiger partial charge in [-0.25, -0.2) is 0 Å². The van der Waals surface area contributed by atoms with E-state index in [0.717, 1.165) is 36.4 Å². The van der Waals surface area contributed by atoms with Gasteiger partial charge in [0.1, 0.15) is 11.1 Å². The number of hydrogen-bond acceptors (Lipinski definition) is 8. The Hall–Kier alpha value is -3.96. The molecule has 0 amide bonds. The SMILES string of the molecule is O=[N+]([O-])c1cccc([N+](=O)[O-])c1Cc1c([N+](=O)[O-])cccc1[N+](=O)[O-]. The minimum absolute atomic E-state index is 0.449. The van der Waals surface area contributed by atoms with Crippen molar-refractivity contribution in [1.29, 1.82) is 0 Å². The lowest BCUT2D eigenvalue weighted by atomic mass is 9.98. The Bertz CT molecular complexity index is 773. The third kappa shape index (κ3) is 3.36. The molecule has 128 valence electrons. The number of benzene rings is 2. The van der Waals surface area contributed by atoms with Crippen LogP contribution < -0.4 is 0 Å². The molecular formula is C13H8N4O8. The van der Waals surface area contributed by atoms with Crippen molar-refractivity contribution in [2.75, 3.05) is 0 Å². The van der Waals surface area contributed by atoms with Crippen LogP contribution in [0.3, 0.4) is 0 Å². The molecule has 0 unspecified atom stereocenters. The number of nitro benzene ring substituents is 4. The summed E-state index contributed by atoms with van der Waals surface area (Å²) in [6.07, 6.45) is -0.707. The van der Waals surface area contributed by atoms with Crippen LogP contribution in [-0.4, -0.2) is 19.7 Å². The fourth-order valence-corrected chi connectivity index (χ4v) is 2.35. The molecule has 0 saturated heterocycles. The lowest BCUT2D eigenvalue weighted by molar-refractivity contribution is -0.397. The second-order valence-corrected chi connectivity index (χ2v) is 4.75. The van der Waals surface area contributed by atoms with Crippen molar-refractivity contribution in [3.63, 3.8) is 0 Å². The Labute approximate surface area is 137 Å². The Kier molecular flexibility index (Phi) is 4.63. The molecule has 2 rings (SSSR count). The molecular weight excluding hydrogens is 340 g/mol. The summed E-state index contributed by atoms with van der Waals surface area (Å²) >= 11 is 0. The fraction of sp³-hybridized carbons (Fsp3) is 0.0769. The third-order valence-corrected chi connectivity index (χ3v) is 3.39. The Morgan fingerprint density at radius 2 is 0.800 bits per heavy atom. The van der Waals surface area contributed by atoms with Gasteiger partial charge >= 0.3 is 0 Å². The van der Waals surface area contributed by atoms with Gasteiger partial charge in [0.25, 0.3) is 22.7 Å². The summed E-state index contributed by atoms with van der Waals surface area (Å²) in [4.78, 5) is 41.0. The van der Waals surface area contributed by atoms with Crippen LogP contribution in [-0.2, 0) is 6.42 Å². The summed E-state index contributed by atoms with van der Waals surface area (Å²) < 4.78 is 0. The van der Waals surface area contributed by atoms with E-state index in [4.69, 9.17) is 0 Å². The molecule has 2 aromatic carbocycles. The second-order valence-electron chi connectivity index (χ2n) is 4.75. The van der Waals surface area contributed by atoms with Gasteiger partial charge in [-0.1, -0.05) is 0 Å². The van der Waals surface area contributed by atoms with E-state index < -0.39 is 60.0 Å². The third-order valence-electron chi connectivity index (χ3n) is 3.39. The van der Waals surface area contributed by atoms with Crippen LogP contribution in [0.4, 0.5) is 22.7 Å². The minimum Gasteiger partial charge on any atom is -0.258 e. The molecule has 25 heavy (non-hydrogen) atoms. The summed E-state index contributed by atoms with van der Waals surface area (Å²) in [6, 6.07) is 6.14. The van der Waals surface area contributed by atoms with Crippen molar-refractivity contribution in [1.82, 2.24) is 0 Å². The van der Waals surface area contributed by atoms with Crippen LogP contribution in [0.1, 0.15) is 11.1 Å². The zero-order chi connectivity index (χ0) is 18.7. The van der Waals surface area contributed by atoms with E-state index in [2.05, 4.69) is 0 Å². The Morgan fingerprint density at radius 3 is 1.00 bits per heavy atom. The van der Waals surface area contributed by atoms with Crippen LogP contribution in [0.25, 0.3) is 0 Å². The van der Waals surface area contributed by atoms with Crippen molar-refractivity contribution in [2.45, 2.75) is 6.42 Å². The summed E-state index contributed by atoms with van der Waals surface area (Å²) in [5.41, 5.74) is -3.50. The second kappa shape index (κ2) is 6.66. The van der Waals surface area contributed by atoms with Gasteiger partial charge < -0.3 is 0 Å². The summed E-state index contributed by atoms with van der Waals surface area (Å²) in [5.74, 6) is 0. The molecule has 0 aromatic heterocycles. The molecule has 0 aliphatic carbocycles. The maximum absolute atomic E-state index is 11.1. The molecule has 0 radical (unpaired) electrons. The van der Waals surface area contributed by atoms with Gasteiger partial charge in [0.2, 0.25) is 0 Å². The van der Waals surface area contributed by atoms with E-state index in [1.807, 2.05) is 0 Å². The number of rotatable bonds is 6. The molecule has 12 heteroatoms. The summed E-state index contributed by atoms with van der Waals surface area (Å²) in [5, 5.41) is 44.6. The van der Waals surface area contributed by atoms with Crippen molar-refractivity contribution >= 4 is 22.7 Å². The standard InChI is InChI=1S/C13H8N4O8/c18-14(19)10-3-1-4-11(15(20)21)8(10)7-9-12(16(22)23)5-2-6-13(9)17(24)25/h1-6H,7H2. The van der Waals surface area contributed by atoms with Crippen molar-refractivity contribution < 1.29 is 19.7 Å². The molecule has 0 atom stereocenters. The van der Waals surface area contributed by atoms with Crippen molar-refractivity contribution in [3.05, 3.63) is 88.0 Å². The molecule has 0 aliphatic heterocycles. The first kappa shape index (κ1) is 17.4. The smallest absolute Gasteiger partial charge is 0.258 e. The molecule has 0 aliphatic rings. The fourth-order valence-electron chi connectivity index (χ4n) is 2.35. The lowest BCUT2D eigenvalue weighted by Gasteiger charge is -2.06. The molecule has 0 heterocycles. The van der Waals surface area contributed by atoms with E-state index in [1.54, 1.807) is 0 Å². The average Bonchev–Trinajstić information content (AvgIpc) is 2.54. The van der Waals surface area contributed by atoms with E-state index in [0.29, 0.717) is 0 Å². The van der Waals surface area contributed by atoms with Gasteiger partial charge in [0.15, 0.2) is 0 Å². The largest absolute Gasteiger partial charge is 0.279 e. The zero-order valence-corrected chi connectivity index (χ0v) is 12.2. The van der Waals surface area contributed by atoms with Crippen LogP contribution in [0, 0.1) is 40.5 Å². The van der Waals surface area contributed by atoms with Gasteiger partial charge in [0.05, 0.1) is 19.7 Å². The van der Waals surface area contributed by atoms with Gasteiger partial charge in [-0.2, -0.15) is 0 Å². The minimum atomic E-state index is -0.886. The molecule has 0 fully saturated rings. The highest BCUT2D eigenvalue weighted by Crippen LogP contribution is 2.36. The van der Waals surface area contributed by atoms with Crippen LogP contribution in [0.2, 0.25) is 0 Å². The van der Waals surface area contributed by atoms with Gasteiger partial charge in [0, 0.05) is 30.7 Å². The van der Waals surface area contributed by atoms with E-state index in [9.17, 15) is 40.5 Å². The Balaban J connectivity index is 2.76. The molecule has 0 N–H and O–H groups in total. The molecule has 12 nitrogen and oxygen atoms in total. The normalized spacial score (nSPS) is 10.2. The first-order valence-corrected chi connectivity index (χ1v) is 6.55. The van der Waals surface area contributed by atoms with Crippen molar-refractivity contribution in [2.24, 2.45) is 0 Å². The molecule has 2 aromatic rings. The highest BCUT2D eigenvalue weighted by molar-refractivity contribution is 5.61. The topological polar surface area (TPSA) is 173 Å². The van der Waals surface area contributed by atoms with Gasteiger partial charge in [-0.15, -0.1) is 0 Å². The lowest BCUT2D eigenvalue weighted by Crippen LogP contribution is -2.06. The van der Waals surface area contributed by atoms with Gasteiger partial charge in [-0.05, 0) is 12.1 Å². The number of hydrogen-bond donors (Lipinski definition) is 0. The number of nitro groups is 4. The maximum atomic E-state index is 11.1. The first-order valence-electron chi connectivity index (χ1n) is 6.55. The average molecular weight is 348 g/mol. The Morgan fingerprint density at radius 1 is 0.560 bits per heavy atom. The van der Waals surface area contributed by atoms with E-state index >= 15 is 0 Å². The summed E-state index contributed by atoms with van der Waals surface area (Å²) in [7, 11) is 0. The highest BCUT2D eigenvalue weighted by atomic mass is 16.6. The monoisotopic (exact) mass is 348 g/mol. The highest BCUT2D eigenvalue weighted by Gasteiger charge is 2.31. The predicted molar refractivity (Wildman–Crippen MR) is 82.3 cm³/mol. The number of nitrogens with zero attached hydrogens (tertiary/aromatic N) is 4. The van der Waals surface area contributed by atoms with Crippen LogP contribution >= 0.6 is 0 Å². The van der Waals surface area contributed by atoms with Crippen LogP contribution in [0.5, 0.6) is 0 Å². The summed E-state index contributed by atoms with van der Waals surface area (Å²) in [6.45, 7) is 0. The predicted octanol–water partition coefficient (Wildman–Crippen LogP) is 2.91. The van der Waals surface area contributed by atoms with Crippen molar-refractivity contribution in [3.8, 4) is 0 Å². The first-order chi connectivity index (χ1) is 11.7. The molecule has 0 spiro atoms. The van der Waals surface area contributed by atoms with E-state index in [-0.39, 0.29) is 0 Å². The molecule has 0 saturated carbocycles.